The maximum Gasteiger partial charge on any atom is 0.107 e. The summed E-state index contributed by atoms with van der Waals surface area (Å²) in [6, 6.07) is 9.08. The highest BCUT2D eigenvalue weighted by Crippen LogP contribution is 2.34. The fourth-order valence-corrected chi connectivity index (χ4v) is 3.42. The molecule has 0 amide bonds. The Morgan fingerprint density at radius 1 is 1.29 bits per heavy atom. The van der Waals surface area contributed by atoms with Gasteiger partial charge in [-0.05, 0) is 30.9 Å². The van der Waals surface area contributed by atoms with Gasteiger partial charge in [0.05, 0.1) is 0 Å². The molecule has 1 atom stereocenters. The Morgan fingerprint density at radius 2 is 2.24 bits per heavy atom. The fourth-order valence-electron chi connectivity index (χ4n) is 3.42. The molecular formula is C17H20N4. The van der Waals surface area contributed by atoms with E-state index in [4.69, 9.17) is 0 Å². The molecule has 0 saturated heterocycles. The molecule has 4 rings (SSSR count). The van der Waals surface area contributed by atoms with E-state index in [1.807, 2.05) is 12.4 Å². The first-order valence-corrected chi connectivity index (χ1v) is 7.73. The summed E-state index contributed by atoms with van der Waals surface area (Å²) in [5.41, 5.74) is 4.16. The first-order valence-electron chi connectivity index (χ1n) is 7.73. The van der Waals surface area contributed by atoms with Crippen molar-refractivity contribution in [1.82, 2.24) is 20.3 Å². The second kappa shape index (κ2) is 5.37. The molecule has 0 radical (unpaired) electrons. The molecule has 1 unspecified atom stereocenters. The van der Waals surface area contributed by atoms with Gasteiger partial charge < -0.3 is 15.3 Å². The number of nitrogens with one attached hydrogen (secondary N) is 3. The van der Waals surface area contributed by atoms with E-state index in [0.717, 1.165) is 18.8 Å². The molecule has 2 heterocycles. The normalized spacial score (nSPS) is 18.0. The predicted molar refractivity (Wildman–Crippen MR) is 84.3 cm³/mol. The van der Waals surface area contributed by atoms with Gasteiger partial charge in [-0.3, -0.25) is 0 Å². The average Bonchev–Trinajstić information content (AvgIpc) is 3.15. The lowest BCUT2D eigenvalue weighted by molar-refractivity contribution is 0.454. The molecule has 3 aromatic rings. The standard InChI is InChI=1S/C17H20N4/c1-2-6-14-12(4-1)13-5-3-7-15(17(13)21-14)18-9-8-16-19-10-11-20-16/h1-2,4,6,10-11,15,18,21H,3,5,7-9H2,(H,19,20). The van der Waals surface area contributed by atoms with Crippen molar-refractivity contribution in [3.8, 4) is 0 Å². The highest BCUT2D eigenvalue weighted by Gasteiger charge is 2.23. The Hall–Kier alpha value is -2.07. The number of hydrogen-bond acceptors (Lipinski definition) is 2. The minimum absolute atomic E-state index is 0.441. The van der Waals surface area contributed by atoms with Crippen LogP contribution in [0.4, 0.5) is 0 Å². The monoisotopic (exact) mass is 280 g/mol. The molecule has 108 valence electrons. The Labute approximate surface area is 124 Å². The lowest BCUT2D eigenvalue weighted by Gasteiger charge is -2.23. The lowest BCUT2D eigenvalue weighted by Crippen LogP contribution is -2.27. The van der Waals surface area contributed by atoms with Crippen LogP contribution in [-0.2, 0) is 12.8 Å². The largest absolute Gasteiger partial charge is 0.357 e. The van der Waals surface area contributed by atoms with Crippen LogP contribution in [0.3, 0.4) is 0 Å². The van der Waals surface area contributed by atoms with E-state index < -0.39 is 0 Å². The second-order valence-electron chi connectivity index (χ2n) is 5.75. The number of benzene rings is 1. The number of H-pyrrole nitrogens is 2. The van der Waals surface area contributed by atoms with Crippen molar-refractivity contribution in [2.24, 2.45) is 0 Å². The Balaban J connectivity index is 1.53. The van der Waals surface area contributed by atoms with E-state index in [2.05, 4.69) is 44.5 Å². The number of aromatic nitrogens is 3. The van der Waals surface area contributed by atoms with Crippen molar-refractivity contribution >= 4 is 10.9 Å². The van der Waals surface area contributed by atoms with Gasteiger partial charge in [0.25, 0.3) is 0 Å². The fraction of sp³-hybridized carbons (Fsp3) is 0.353. The summed E-state index contributed by atoms with van der Waals surface area (Å²) in [6.45, 7) is 0.951. The van der Waals surface area contributed by atoms with Crippen LogP contribution in [0.5, 0.6) is 0 Å². The van der Waals surface area contributed by atoms with Gasteiger partial charge in [0.1, 0.15) is 5.82 Å². The second-order valence-corrected chi connectivity index (χ2v) is 5.75. The third-order valence-electron chi connectivity index (χ3n) is 4.42. The maximum absolute atomic E-state index is 4.27. The molecular weight excluding hydrogens is 260 g/mol. The zero-order valence-corrected chi connectivity index (χ0v) is 12.0. The summed E-state index contributed by atoms with van der Waals surface area (Å²) in [6.07, 6.45) is 8.29. The van der Waals surface area contributed by atoms with Crippen molar-refractivity contribution < 1.29 is 0 Å². The SMILES string of the molecule is c1ccc2c3c([nH]c2c1)C(NCCc1ncc[nH]1)CCC3. The molecule has 4 heteroatoms. The minimum Gasteiger partial charge on any atom is -0.357 e. The molecule has 2 aromatic heterocycles. The van der Waals surface area contributed by atoms with E-state index in [1.54, 1.807) is 0 Å². The minimum atomic E-state index is 0.441. The number of imidazole rings is 1. The van der Waals surface area contributed by atoms with Crippen LogP contribution < -0.4 is 5.32 Å². The first kappa shape index (κ1) is 12.7. The number of nitrogens with zero attached hydrogens (tertiary/aromatic N) is 1. The molecule has 0 aliphatic heterocycles. The number of para-hydroxylation sites is 1. The van der Waals surface area contributed by atoms with Gasteiger partial charge in [0, 0.05) is 48.0 Å². The Morgan fingerprint density at radius 3 is 3.14 bits per heavy atom. The van der Waals surface area contributed by atoms with Gasteiger partial charge in [0.2, 0.25) is 0 Å². The molecule has 1 aliphatic rings. The third-order valence-corrected chi connectivity index (χ3v) is 4.42. The number of aromatic amines is 2. The van der Waals surface area contributed by atoms with Crippen molar-refractivity contribution in [1.29, 1.82) is 0 Å². The highest BCUT2D eigenvalue weighted by atomic mass is 15.0. The molecule has 1 aliphatic carbocycles. The Kier molecular flexibility index (Phi) is 3.24. The molecule has 0 bridgehead atoms. The van der Waals surface area contributed by atoms with E-state index in [0.29, 0.717) is 6.04 Å². The molecule has 21 heavy (non-hydrogen) atoms. The van der Waals surface area contributed by atoms with Gasteiger partial charge in [-0.15, -0.1) is 0 Å². The van der Waals surface area contributed by atoms with Crippen LogP contribution in [0, 0.1) is 0 Å². The van der Waals surface area contributed by atoms with Gasteiger partial charge in [0.15, 0.2) is 0 Å². The van der Waals surface area contributed by atoms with Crippen LogP contribution in [0.25, 0.3) is 10.9 Å². The van der Waals surface area contributed by atoms with Gasteiger partial charge in [-0.25, -0.2) is 4.98 Å². The summed E-state index contributed by atoms with van der Waals surface area (Å²) < 4.78 is 0. The van der Waals surface area contributed by atoms with Crippen LogP contribution in [-0.4, -0.2) is 21.5 Å². The number of fused-ring (bicyclic) bond motifs is 3. The lowest BCUT2D eigenvalue weighted by atomic mass is 9.91. The van der Waals surface area contributed by atoms with Crippen molar-refractivity contribution in [2.45, 2.75) is 31.7 Å². The number of aryl methyl sites for hydroxylation is 1. The third kappa shape index (κ3) is 2.36. The summed E-state index contributed by atoms with van der Waals surface area (Å²) in [4.78, 5) is 11.1. The number of rotatable bonds is 4. The highest BCUT2D eigenvalue weighted by molar-refractivity contribution is 5.85. The van der Waals surface area contributed by atoms with E-state index in [1.165, 1.54) is 41.4 Å². The van der Waals surface area contributed by atoms with Crippen molar-refractivity contribution in [2.75, 3.05) is 6.54 Å². The summed E-state index contributed by atoms with van der Waals surface area (Å²) in [5.74, 6) is 1.05. The van der Waals surface area contributed by atoms with Crippen LogP contribution in [0.2, 0.25) is 0 Å². The van der Waals surface area contributed by atoms with Crippen LogP contribution in [0.1, 0.15) is 36.0 Å². The molecule has 0 spiro atoms. The molecule has 3 N–H and O–H groups in total. The van der Waals surface area contributed by atoms with E-state index >= 15 is 0 Å². The first-order chi connectivity index (χ1) is 10.4. The summed E-state index contributed by atoms with van der Waals surface area (Å²) >= 11 is 0. The smallest absolute Gasteiger partial charge is 0.107 e. The zero-order valence-electron chi connectivity index (χ0n) is 12.0. The maximum atomic E-state index is 4.27. The molecule has 1 aromatic carbocycles. The van der Waals surface area contributed by atoms with Gasteiger partial charge in [-0.2, -0.15) is 0 Å². The summed E-state index contributed by atoms with van der Waals surface area (Å²) in [5, 5.41) is 5.08. The zero-order chi connectivity index (χ0) is 14.1. The van der Waals surface area contributed by atoms with Gasteiger partial charge in [-0.1, -0.05) is 18.2 Å². The van der Waals surface area contributed by atoms with E-state index in [9.17, 15) is 0 Å². The average molecular weight is 280 g/mol. The molecule has 4 nitrogen and oxygen atoms in total. The molecule has 0 fully saturated rings. The van der Waals surface area contributed by atoms with Crippen molar-refractivity contribution in [3.05, 3.63) is 53.7 Å². The van der Waals surface area contributed by atoms with Crippen molar-refractivity contribution in [3.63, 3.8) is 0 Å². The quantitative estimate of drug-likeness (QED) is 0.688. The topological polar surface area (TPSA) is 56.5 Å². The Bertz CT molecular complexity index is 726. The number of hydrogen-bond donors (Lipinski definition) is 3. The van der Waals surface area contributed by atoms with Crippen LogP contribution >= 0.6 is 0 Å². The predicted octanol–water partition coefficient (Wildman–Crippen LogP) is 3.10. The van der Waals surface area contributed by atoms with Crippen LogP contribution in [0.15, 0.2) is 36.7 Å². The van der Waals surface area contributed by atoms with E-state index in [-0.39, 0.29) is 0 Å². The van der Waals surface area contributed by atoms with Gasteiger partial charge >= 0.3 is 0 Å². The molecule has 0 saturated carbocycles. The summed E-state index contributed by atoms with van der Waals surface area (Å²) in [7, 11) is 0.